The number of methoxy groups -OCH3 is 4. The summed E-state index contributed by atoms with van der Waals surface area (Å²) in [5.74, 6) is 3.52. The SMILES string of the molecule is COc1ccc(C(c2ccc(OC)c(OC)c2)[C@H](C)[C@@H](C)CCO)cc1OC. The number of aliphatic hydroxyl groups excluding tert-OH is 1. The molecule has 0 bridgehead atoms. The van der Waals surface area contributed by atoms with Crippen LogP contribution in [0.5, 0.6) is 23.0 Å². The van der Waals surface area contributed by atoms with E-state index in [1.165, 1.54) is 0 Å². The van der Waals surface area contributed by atoms with E-state index >= 15 is 0 Å². The first kappa shape index (κ1) is 21.9. The minimum atomic E-state index is 0.0983. The normalized spacial score (nSPS) is 13.1. The zero-order chi connectivity index (χ0) is 20.7. The zero-order valence-electron chi connectivity index (χ0n) is 17.7. The molecule has 28 heavy (non-hydrogen) atoms. The minimum Gasteiger partial charge on any atom is -0.493 e. The summed E-state index contributed by atoms with van der Waals surface area (Å²) >= 11 is 0. The first-order valence-electron chi connectivity index (χ1n) is 9.55. The van der Waals surface area contributed by atoms with Crippen LogP contribution in [0.3, 0.4) is 0 Å². The molecule has 0 aliphatic rings. The van der Waals surface area contributed by atoms with Crippen LogP contribution in [-0.4, -0.2) is 40.2 Å². The van der Waals surface area contributed by atoms with Crippen molar-refractivity contribution in [2.45, 2.75) is 26.2 Å². The molecule has 2 atom stereocenters. The lowest BCUT2D eigenvalue weighted by atomic mass is 9.75. The highest BCUT2D eigenvalue weighted by Crippen LogP contribution is 2.42. The third-order valence-corrected chi connectivity index (χ3v) is 5.54. The average molecular weight is 389 g/mol. The molecular formula is C23H32O5. The number of hydrogen-bond acceptors (Lipinski definition) is 5. The molecule has 1 N–H and O–H groups in total. The van der Waals surface area contributed by atoms with E-state index in [0.717, 1.165) is 17.5 Å². The van der Waals surface area contributed by atoms with Crippen LogP contribution in [-0.2, 0) is 0 Å². The van der Waals surface area contributed by atoms with Crippen molar-refractivity contribution in [1.82, 2.24) is 0 Å². The Bertz CT molecular complexity index is 703. The van der Waals surface area contributed by atoms with E-state index in [9.17, 15) is 5.11 Å². The van der Waals surface area contributed by atoms with Crippen molar-refractivity contribution < 1.29 is 24.1 Å². The van der Waals surface area contributed by atoms with Crippen LogP contribution < -0.4 is 18.9 Å². The molecule has 5 heteroatoms. The summed E-state index contributed by atoms with van der Waals surface area (Å²) in [6.07, 6.45) is 0.748. The van der Waals surface area contributed by atoms with Gasteiger partial charge in [0.25, 0.3) is 0 Å². The predicted molar refractivity (Wildman–Crippen MR) is 111 cm³/mol. The third kappa shape index (κ3) is 4.71. The molecule has 0 aliphatic carbocycles. The number of benzene rings is 2. The van der Waals surface area contributed by atoms with Crippen molar-refractivity contribution in [3.8, 4) is 23.0 Å². The number of ether oxygens (including phenoxy) is 4. The van der Waals surface area contributed by atoms with Gasteiger partial charge in [-0.2, -0.15) is 0 Å². The Morgan fingerprint density at radius 2 is 1.14 bits per heavy atom. The van der Waals surface area contributed by atoms with E-state index < -0.39 is 0 Å². The molecule has 2 aromatic rings. The number of rotatable bonds is 10. The highest BCUT2D eigenvalue weighted by Gasteiger charge is 2.27. The second-order valence-corrected chi connectivity index (χ2v) is 7.06. The molecule has 0 aliphatic heterocycles. The summed E-state index contributed by atoms with van der Waals surface area (Å²) in [5.41, 5.74) is 2.25. The van der Waals surface area contributed by atoms with E-state index in [1.807, 2.05) is 24.3 Å². The molecular weight excluding hydrogens is 356 g/mol. The van der Waals surface area contributed by atoms with Crippen LogP contribution in [0.1, 0.15) is 37.3 Å². The highest BCUT2D eigenvalue weighted by molar-refractivity contribution is 5.49. The summed E-state index contributed by atoms with van der Waals surface area (Å²) in [6.45, 7) is 4.57. The minimum absolute atomic E-state index is 0.0983. The molecule has 0 fully saturated rings. The molecule has 154 valence electrons. The van der Waals surface area contributed by atoms with Crippen molar-refractivity contribution >= 4 is 0 Å². The van der Waals surface area contributed by atoms with Crippen molar-refractivity contribution in [1.29, 1.82) is 0 Å². The molecule has 0 saturated carbocycles. The fourth-order valence-corrected chi connectivity index (χ4v) is 3.69. The largest absolute Gasteiger partial charge is 0.493 e. The molecule has 0 heterocycles. The van der Waals surface area contributed by atoms with Gasteiger partial charge in [0, 0.05) is 12.5 Å². The molecule has 0 aromatic heterocycles. The Morgan fingerprint density at radius 1 is 0.714 bits per heavy atom. The van der Waals surface area contributed by atoms with Crippen molar-refractivity contribution in [3.05, 3.63) is 47.5 Å². The summed E-state index contributed by atoms with van der Waals surface area (Å²) < 4.78 is 21.8. The maximum atomic E-state index is 9.44. The average Bonchev–Trinajstić information content (AvgIpc) is 2.73. The van der Waals surface area contributed by atoms with Crippen LogP contribution in [0.2, 0.25) is 0 Å². The molecule has 0 unspecified atom stereocenters. The quantitative estimate of drug-likeness (QED) is 0.649. The maximum absolute atomic E-state index is 9.44. The smallest absolute Gasteiger partial charge is 0.161 e. The second-order valence-electron chi connectivity index (χ2n) is 7.06. The van der Waals surface area contributed by atoms with Crippen LogP contribution in [0.4, 0.5) is 0 Å². The topological polar surface area (TPSA) is 57.2 Å². The number of aliphatic hydroxyl groups is 1. The molecule has 2 aromatic carbocycles. The van der Waals surface area contributed by atoms with Crippen LogP contribution in [0.25, 0.3) is 0 Å². The van der Waals surface area contributed by atoms with Gasteiger partial charge in [0.05, 0.1) is 28.4 Å². The van der Waals surface area contributed by atoms with Crippen molar-refractivity contribution in [3.63, 3.8) is 0 Å². The predicted octanol–water partition coefficient (Wildman–Crippen LogP) is 4.51. The van der Waals surface area contributed by atoms with Gasteiger partial charge in [-0.05, 0) is 53.6 Å². The van der Waals surface area contributed by atoms with Crippen LogP contribution in [0.15, 0.2) is 36.4 Å². The van der Waals surface area contributed by atoms with Gasteiger partial charge in [-0.3, -0.25) is 0 Å². The Kier molecular flexibility index (Phi) is 8.00. The molecule has 0 spiro atoms. The maximum Gasteiger partial charge on any atom is 0.161 e. The summed E-state index contributed by atoms with van der Waals surface area (Å²) in [4.78, 5) is 0. The van der Waals surface area contributed by atoms with E-state index in [1.54, 1.807) is 28.4 Å². The van der Waals surface area contributed by atoms with Gasteiger partial charge in [-0.25, -0.2) is 0 Å². The van der Waals surface area contributed by atoms with Gasteiger partial charge in [0.15, 0.2) is 23.0 Å². The van der Waals surface area contributed by atoms with Crippen LogP contribution >= 0.6 is 0 Å². The van der Waals surface area contributed by atoms with Crippen molar-refractivity contribution in [2.75, 3.05) is 35.0 Å². The summed E-state index contributed by atoms with van der Waals surface area (Å²) in [5, 5.41) is 9.44. The summed E-state index contributed by atoms with van der Waals surface area (Å²) in [6, 6.07) is 12.1. The Morgan fingerprint density at radius 3 is 1.50 bits per heavy atom. The van der Waals surface area contributed by atoms with Gasteiger partial charge in [-0.1, -0.05) is 26.0 Å². The van der Waals surface area contributed by atoms with Gasteiger partial charge in [0.2, 0.25) is 0 Å². The fourth-order valence-electron chi connectivity index (χ4n) is 3.69. The van der Waals surface area contributed by atoms with Gasteiger partial charge in [-0.15, -0.1) is 0 Å². The molecule has 5 nitrogen and oxygen atoms in total. The fraction of sp³-hybridized carbons (Fsp3) is 0.478. The van der Waals surface area contributed by atoms with E-state index in [0.29, 0.717) is 28.9 Å². The molecule has 0 amide bonds. The zero-order valence-corrected chi connectivity index (χ0v) is 17.7. The van der Waals surface area contributed by atoms with Gasteiger partial charge < -0.3 is 24.1 Å². The van der Waals surface area contributed by atoms with Gasteiger partial charge >= 0.3 is 0 Å². The van der Waals surface area contributed by atoms with Crippen LogP contribution in [0, 0.1) is 11.8 Å². The van der Waals surface area contributed by atoms with E-state index in [2.05, 4.69) is 26.0 Å². The Labute approximate surface area is 168 Å². The third-order valence-electron chi connectivity index (χ3n) is 5.54. The first-order valence-corrected chi connectivity index (χ1v) is 9.55. The lowest BCUT2D eigenvalue weighted by molar-refractivity contribution is 0.227. The summed E-state index contributed by atoms with van der Waals surface area (Å²) in [7, 11) is 6.56. The Balaban J connectivity index is 2.57. The van der Waals surface area contributed by atoms with E-state index in [-0.39, 0.29) is 18.4 Å². The molecule has 2 rings (SSSR count). The number of hydrogen-bond donors (Lipinski definition) is 1. The lowest BCUT2D eigenvalue weighted by Crippen LogP contribution is -2.20. The van der Waals surface area contributed by atoms with Gasteiger partial charge in [0.1, 0.15) is 0 Å². The molecule has 0 radical (unpaired) electrons. The lowest BCUT2D eigenvalue weighted by Gasteiger charge is -2.30. The second kappa shape index (κ2) is 10.2. The van der Waals surface area contributed by atoms with Crippen molar-refractivity contribution in [2.24, 2.45) is 11.8 Å². The highest BCUT2D eigenvalue weighted by atomic mass is 16.5. The standard InChI is InChI=1S/C23H32O5/c1-15(11-12-24)16(2)23(17-7-9-19(25-3)21(13-17)27-5)18-8-10-20(26-4)22(14-18)28-6/h7-10,13-16,23-24H,11-12H2,1-6H3/t15-,16+/m0/s1. The molecule has 0 saturated heterocycles. The Hall–Kier alpha value is -2.40. The first-order chi connectivity index (χ1) is 13.5. The monoisotopic (exact) mass is 388 g/mol. The van der Waals surface area contributed by atoms with E-state index in [4.69, 9.17) is 18.9 Å².